The van der Waals surface area contributed by atoms with Crippen LogP contribution in [0.5, 0.6) is 5.75 Å². The van der Waals surface area contributed by atoms with Crippen molar-refractivity contribution in [3.8, 4) is 17.4 Å². The SMILES string of the molecule is CN1CCNCC1c1noc(-c2oc3ccccc3c2COc2ccccc2)n1. The average molecular weight is 390 g/mol. The van der Waals surface area contributed by atoms with Crippen molar-refractivity contribution in [3.63, 3.8) is 0 Å². The zero-order chi connectivity index (χ0) is 19.6. The van der Waals surface area contributed by atoms with Gasteiger partial charge in [-0.15, -0.1) is 0 Å². The van der Waals surface area contributed by atoms with E-state index >= 15 is 0 Å². The molecule has 1 atom stereocenters. The molecule has 3 heterocycles. The van der Waals surface area contributed by atoms with Crippen molar-refractivity contribution >= 4 is 11.0 Å². The lowest BCUT2D eigenvalue weighted by atomic mass is 10.1. The summed E-state index contributed by atoms with van der Waals surface area (Å²) >= 11 is 0. The molecule has 7 nitrogen and oxygen atoms in total. The number of fused-ring (bicyclic) bond motifs is 1. The fourth-order valence-corrected chi connectivity index (χ4v) is 3.64. The lowest BCUT2D eigenvalue weighted by Gasteiger charge is -2.30. The maximum atomic E-state index is 6.10. The van der Waals surface area contributed by atoms with Gasteiger partial charge in [0, 0.05) is 30.6 Å². The maximum absolute atomic E-state index is 6.10. The van der Waals surface area contributed by atoms with Crippen LogP contribution in [-0.4, -0.2) is 41.7 Å². The van der Waals surface area contributed by atoms with Crippen LogP contribution in [0, 0.1) is 0 Å². The largest absolute Gasteiger partial charge is 0.489 e. The number of furan rings is 1. The van der Waals surface area contributed by atoms with Crippen LogP contribution >= 0.6 is 0 Å². The second kappa shape index (κ2) is 7.69. The molecule has 2 aromatic heterocycles. The highest BCUT2D eigenvalue weighted by atomic mass is 16.5. The third-order valence-electron chi connectivity index (χ3n) is 5.27. The zero-order valence-electron chi connectivity index (χ0n) is 16.2. The molecule has 1 fully saturated rings. The summed E-state index contributed by atoms with van der Waals surface area (Å²) in [6.45, 7) is 3.04. The van der Waals surface area contributed by atoms with Gasteiger partial charge in [0.25, 0.3) is 5.89 Å². The number of hydrogen-bond acceptors (Lipinski definition) is 7. The number of para-hydroxylation sites is 2. The Morgan fingerprint density at radius 2 is 1.97 bits per heavy atom. The van der Waals surface area contributed by atoms with Gasteiger partial charge in [-0.25, -0.2) is 0 Å². The Morgan fingerprint density at radius 1 is 1.14 bits per heavy atom. The van der Waals surface area contributed by atoms with Crippen molar-refractivity contribution in [1.82, 2.24) is 20.4 Å². The number of nitrogens with one attached hydrogen (secondary N) is 1. The third kappa shape index (κ3) is 3.50. The van der Waals surface area contributed by atoms with Gasteiger partial charge in [0.2, 0.25) is 0 Å². The van der Waals surface area contributed by atoms with Crippen LogP contribution in [0.4, 0.5) is 0 Å². The molecule has 1 aliphatic heterocycles. The summed E-state index contributed by atoms with van der Waals surface area (Å²) in [5.41, 5.74) is 1.67. The molecule has 29 heavy (non-hydrogen) atoms. The minimum Gasteiger partial charge on any atom is -0.489 e. The number of benzene rings is 2. The van der Waals surface area contributed by atoms with Crippen LogP contribution in [0.3, 0.4) is 0 Å². The van der Waals surface area contributed by atoms with E-state index in [1.165, 1.54) is 0 Å². The van der Waals surface area contributed by atoms with Gasteiger partial charge >= 0.3 is 0 Å². The number of nitrogens with zero attached hydrogens (tertiary/aromatic N) is 3. The zero-order valence-corrected chi connectivity index (χ0v) is 16.2. The van der Waals surface area contributed by atoms with E-state index in [0.29, 0.717) is 24.1 Å². The number of piperazine rings is 1. The number of aromatic nitrogens is 2. The monoisotopic (exact) mass is 390 g/mol. The second-order valence-electron chi connectivity index (χ2n) is 7.17. The third-order valence-corrected chi connectivity index (χ3v) is 5.27. The molecule has 0 bridgehead atoms. The predicted octanol–water partition coefficient (Wildman–Crippen LogP) is 3.64. The summed E-state index contributed by atoms with van der Waals surface area (Å²) in [5, 5.41) is 8.59. The van der Waals surface area contributed by atoms with E-state index in [9.17, 15) is 0 Å². The van der Waals surface area contributed by atoms with Crippen molar-refractivity contribution in [1.29, 1.82) is 0 Å². The number of ether oxygens (including phenoxy) is 1. The molecule has 0 radical (unpaired) electrons. The molecule has 7 heteroatoms. The molecule has 0 saturated carbocycles. The number of hydrogen-bond donors (Lipinski definition) is 1. The lowest BCUT2D eigenvalue weighted by molar-refractivity contribution is 0.190. The molecular formula is C22H22N4O3. The number of likely N-dealkylation sites (N-methyl/N-ethyl adjacent to an activating group) is 1. The minimum atomic E-state index is 0.0784. The topological polar surface area (TPSA) is 76.6 Å². The highest BCUT2D eigenvalue weighted by Gasteiger charge is 2.28. The number of rotatable bonds is 5. The molecule has 1 saturated heterocycles. The average Bonchev–Trinajstić information content (AvgIpc) is 3.38. The normalized spacial score (nSPS) is 17.6. The van der Waals surface area contributed by atoms with Crippen LogP contribution in [0.2, 0.25) is 0 Å². The summed E-state index contributed by atoms with van der Waals surface area (Å²) in [6, 6.07) is 17.7. The lowest BCUT2D eigenvalue weighted by Crippen LogP contribution is -2.44. The molecule has 0 spiro atoms. The first-order valence-electron chi connectivity index (χ1n) is 9.73. The van der Waals surface area contributed by atoms with Gasteiger partial charge in [-0.05, 0) is 25.2 Å². The van der Waals surface area contributed by atoms with E-state index in [-0.39, 0.29) is 6.04 Å². The van der Waals surface area contributed by atoms with Crippen molar-refractivity contribution in [3.05, 3.63) is 66.0 Å². The van der Waals surface area contributed by atoms with E-state index in [1.807, 2.05) is 54.6 Å². The van der Waals surface area contributed by atoms with Gasteiger partial charge in [-0.1, -0.05) is 41.6 Å². The first kappa shape index (κ1) is 17.9. The molecule has 0 aliphatic carbocycles. The first-order valence-corrected chi connectivity index (χ1v) is 9.73. The highest BCUT2D eigenvalue weighted by molar-refractivity contribution is 5.86. The minimum absolute atomic E-state index is 0.0784. The van der Waals surface area contributed by atoms with E-state index in [0.717, 1.165) is 41.9 Å². The molecule has 2 aromatic carbocycles. The Morgan fingerprint density at radius 3 is 2.83 bits per heavy atom. The van der Waals surface area contributed by atoms with Crippen molar-refractivity contribution in [2.24, 2.45) is 0 Å². The van der Waals surface area contributed by atoms with Crippen LogP contribution in [0.15, 0.2) is 63.5 Å². The molecule has 1 unspecified atom stereocenters. The Balaban J connectivity index is 1.49. The summed E-state index contributed by atoms with van der Waals surface area (Å²) in [4.78, 5) is 6.88. The Hall–Kier alpha value is -3.16. The van der Waals surface area contributed by atoms with E-state index < -0.39 is 0 Å². The van der Waals surface area contributed by atoms with Gasteiger partial charge in [-0.3, -0.25) is 4.90 Å². The van der Waals surface area contributed by atoms with Crippen LogP contribution in [-0.2, 0) is 6.61 Å². The fourth-order valence-electron chi connectivity index (χ4n) is 3.64. The van der Waals surface area contributed by atoms with Crippen molar-refractivity contribution < 1.29 is 13.7 Å². The Labute approximate surface area is 168 Å². The van der Waals surface area contributed by atoms with E-state index in [2.05, 4.69) is 27.4 Å². The van der Waals surface area contributed by atoms with Crippen molar-refractivity contribution in [2.45, 2.75) is 12.6 Å². The molecule has 5 rings (SSSR count). The summed E-state index contributed by atoms with van der Waals surface area (Å²) in [6.07, 6.45) is 0. The molecule has 1 aliphatic rings. The van der Waals surface area contributed by atoms with Crippen molar-refractivity contribution in [2.75, 3.05) is 26.7 Å². The standard InChI is InChI=1S/C22H22N4O3/c1-26-12-11-23-13-18(26)21-24-22(29-25-21)20-17(14-27-15-7-3-2-4-8-15)16-9-5-6-10-19(16)28-20/h2-10,18,23H,11-14H2,1H3. The van der Waals surface area contributed by atoms with Crippen LogP contribution in [0.25, 0.3) is 22.6 Å². The summed E-state index contributed by atoms with van der Waals surface area (Å²) in [5.74, 6) is 2.39. The maximum Gasteiger partial charge on any atom is 0.294 e. The molecule has 1 N–H and O–H groups in total. The van der Waals surface area contributed by atoms with Crippen LogP contribution in [0.1, 0.15) is 17.4 Å². The van der Waals surface area contributed by atoms with Crippen LogP contribution < -0.4 is 10.1 Å². The Bertz CT molecular complexity index is 1110. The second-order valence-corrected chi connectivity index (χ2v) is 7.17. The summed E-state index contributed by atoms with van der Waals surface area (Å²) < 4.78 is 17.7. The molecule has 4 aromatic rings. The van der Waals surface area contributed by atoms with Gasteiger partial charge in [0.1, 0.15) is 17.9 Å². The van der Waals surface area contributed by atoms with Gasteiger partial charge in [-0.2, -0.15) is 4.98 Å². The quantitative estimate of drug-likeness (QED) is 0.557. The summed E-state index contributed by atoms with van der Waals surface area (Å²) in [7, 11) is 2.07. The van der Waals surface area contributed by atoms with E-state index in [4.69, 9.17) is 13.7 Å². The molecule has 0 amide bonds. The highest BCUT2D eigenvalue weighted by Crippen LogP contribution is 2.34. The molecule has 148 valence electrons. The Kier molecular flexibility index (Phi) is 4.75. The smallest absolute Gasteiger partial charge is 0.294 e. The predicted molar refractivity (Wildman–Crippen MR) is 109 cm³/mol. The molecular weight excluding hydrogens is 368 g/mol. The first-order chi connectivity index (χ1) is 14.3. The van der Waals surface area contributed by atoms with E-state index in [1.54, 1.807) is 0 Å². The fraction of sp³-hybridized carbons (Fsp3) is 0.273. The van der Waals surface area contributed by atoms with Gasteiger partial charge in [0.15, 0.2) is 11.6 Å². The van der Waals surface area contributed by atoms with Gasteiger partial charge in [0.05, 0.1) is 6.04 Å². The van der Waals surface area contributed by atoms with Gasteiger partial charge < -0.3 is 19.0 Å².